The molecule has 0 aromatic carbocycles. The number of unbranched alkanes of at least 4 members (excludes halogenated alkanes) is 2. The van der Waals surface area contributed by atoms with Gasteiger partial charge in [0.25, 0.3) is 0 Å². The van der Waals surface area contributed by atoms with Gasteiger partial charge in [-0.25, -0.2) is 0 Å². The average Bonchev–Trinajstić information content (AvgIpc) is 2.43. The van der Waals surface area contributed by atoms with Gasteiger partial charge in [-0.1, -0.05) is 13.8 Å². The molecule has 1 fully saturated rings. The van der Waals surface area contributed by atoms with Crippen LogP contribution in [0.4, 0.5) is 0 Å². The zero-order valence-electron chi connectivity index (χ0n) is 13.2. The molecule has 1 saturated heterocycles. The average molecular weight is 360 g/mol. The van der Waals surface area contributed by atoms with E-state index < -0.39 is 7.60 Å². The van der Waals surface area contributed by atoms with E-state index in [9.17, 15) is 4.57 Å². The van der Waals surface area contributed by atoms with Crippen LogP contribution in [0.3, 0.4) is 0 Å². The van der Waals surface area contributed by atoms with Crippen molar-refractivity contribution in [3.63, 3.8) is 0 Å². The van der Waals surface area contributed by atoms with Crippen LogP contribution in [0, 0.1) is 5.41 Å². The van der Waals surface area contributed by atoms with E-state index in [0.29, 0.717) is 31.3 Å². The topological polar surface area (TPSA) is 38.8 Å². The van der Waals surface area contributed by atoms with Crippen LogP contribution in [0.25, 0.3) is 0 Å². The van der Waals surface area contributed by atoms with Crippen LogP contribution in [-0.2, 0) is 13.6 Å². The van der Waals surface area contributed by atoms with E-state index in [1.807, 2.05) is 0 Å². The lowest BCUT2D eigenvalue weighted by molar-refractivity contribution is 0.0363. The molecule has 0 amide bonds. The quantitative estimate of drug-likeness (QED) is 0.326. The number of nitrogens with zero attached hydrogens (tertiary/aromatic N) is 1. The van der Waals surface area contributed by atoms with Gasteiger partial charge in [0.05, 0.1) is 13.2 Å². The predicted octanol–water partition coefficient (Wildman–Crippen LogP) is 4.55. The molecule has 0 saturated carbocycles. The minimum atomic E-state index is -2.99. The highest BCUT2D eigenvalue weighted by Crippen LogP contribution is 2.53. The molecule has 0 atom stereocenters. The van der Waals surface area contributed by atoms with Crippen molar-refractivity contribution < 1.29 is 13.6 Å². The summed E-state index contributed by atoms with van der Waals surface area (Å²) in [6, 6.07) is 0. The fraction of sp³-hybridized carbons (Fsp3) is 1.00. The smallest absolute Gasteiger partial charge is 0.307 e. The molecule has 0 unspecified atom stereocenters. The van der Waals surface area contributed by atoms with Crippen molar-refractivity contribution in [2.45, 2.75) is 39.5 Å². The van der Waals surface area contributed by atoms with Crippen molar-refractivity contribution >= 4 is 30.8 Å². The number of rotatable bonds is 10. The van der Waals surface area contributed by atoms with E-state index >= 15 is 0 Å². The molecular weight excluding hydrogens is 332 g/mol. The zero-order chi connectivity index (χ0) is 15.8. The molecule has 0 radical (unpaired) electrons. The Morgan fingerprint density at radius 1 is 1.00 bits per heavy atom. The summed E-state index contributed by atoms with van der Waals surface area (Å²) < 4.78 is 23.8. The molecule has 0 aliphatic carbocycles. The minimum absolute atomic E-state index is 0.0595. The van der Waals surface area contributed by atoms with Gasteiger partial charge in [0.15, 0.2) is 0 Å². The Kier molecular flexibility index (Phi) is 9.16. The Labute approximate surface area is 139 Å². The summed E-state index contributed by atoms with van der Waals surface area (Å²) >= 11 is 11.4. The number of hydrogen-bond donors (Lipinski definition) is 0. The van der Waals surface area contributed by atoms with E-state index in [-0.39, 0.29) is 5.41 Å². The van der Waals surface area contributed by atoms with Crippen LogP contribution in [0.1, 0.15) is 39.5 Å². The van der Waals surface area contributed by atoms with E-state index in [1.54, 1.807) is 0 Å². The Morgan fingerprint density at radius 2 is 1.48 bits per heavy atom. The molecule has 1 aliphatic heterocycles. The molecule has 0 aromatic rings. The Hall–Kier alpha value is 0.690. The largest absolute Gasteiger partial charge is 0.344 e. The highest BCUT2D eigenvalue weighted by molar-refractivity contribution is 7.53. The highest BCUT2D eigenvalue weighted by Gasteiger charge is 2.37. The Morgan fingerprint density at radius 3 is 1.90 bits per heavy atom. The lowest BCUT2D eigenvalue weighted by Crippen LogP contribution is -2.34. The van der Waals surface area contributed by atoms with Crippen molar-refractivity contribution in [1.29, 1.82) is 0 Å². The van der Waals surface area contributed by atoms with Crippen LogP contribution < -0.4 is 0 Å². The summed E-state index contributed by atoms with van der Waals surface area (Å²) in [4.78, 5) is 2.16. The molecular formula is C14H28Cl2NO3P. The zero-order valence-corrected chi connectivity index (χ0v) is 15.6. The van der Waals surface area contributed by atoms with Crippen molar-refractivity contribution in [2.75, 3.05) is 44.3 Å². The summed E-state index contributed by atoms with van der Waals surface area (Å²) in [5.74, 6) is 1.32. The molecule has 0 aromatic heterocycles. The fourth-order valence-corrected chi connectivity index (χ4v) is 4.55. The number of halogens is 2. The standard InChI is InChI=1S/C14H28Cl2NO3P/c1-14(2)11-19-21(18,20-12-14)13-17(9-5-3-7-15)10-6-4-8-16/h3-13H2,1-2H3. The summed E-state index contributed by atoms with van der Waals surface area (Å²) in [6.07, 6.45) is 4.29. The molecule has 0 bridgehead atoms. The van der Waals surface area contributed by atoms with Crippen molar-refractivity contribution in [1.82, 2.24) is 4.90 Å². The van der Waals surface area contributed by atoms with Gasteiger partial charge in [0, 0.05) is 17.2 Å². The van der Waals surface area contributed by atoms with Crippen LogP contribution in [0.15, 0.2) is 0 Å². The molecule has 126 valence electrons. The van der Waals surface area contributed by atoms with Gasteiger partial charge in [-0.2, -0.15) is 0 Å². The molecule has 1 rings (SSSR count). The fourth-order valence-electron chi connectivity index (χ4n) is 2.06. The van der Waals surface area contributed by atoms with Gasteiger partial charge in [0.1, 0.15) is 6.29 Å². The summed E-state index contributed by atoms with van der Waals surface area (Å²) in [6.45, 7) is 6.82. The summed E-state index contributed by atoms with van der Waals surface area (Å²) in [5.41, 5.74) is -0.0595. The third kappa shape index (κ3) is 8.20. The van der Waals surface area contributed by atoms with E-state index in [4.69, 9.17) is 32.2 Å². The maximum absolute atomic E-state index is 12.7. The van der Waals surface area contributed by atoms with Gasteiger partial charge < -0.3 is 9.05 Å². The third-order valence-corrected chi connectivity index (χ3v) is 5.72. The second kappa shape index (κ2) is 9.75. The monoisotopic (exact) mass is 359 g/mol. The maximum atomic E-state index is 12.7. The minimum Gasteiger partial charge on any atom is -0.307 e. The SMILES string of the molecule is CC1(C)COP(=O)(CN(CCCCCl)CCCCCl)OC1. The molecule has 21 heavy (non-hydrogen) atoms. The van der Waals surface area contributed by atoms with E-state index in [2.05, 4.69) is 18.7 Å². The first-order chi connectivity index (χ1) is 9.91. The lowest BCUT2D eigenvalue weighted by Gasteiger charge is -2.36. The highest BCUT2D eigenvalue weighted by atomic mass is 35.5. The first kappa shape index (κ1) is 19.7. The first-order valence-electron chi connectivity index (χ1n) is 7.63. The molecule has 4 nitrogen and oxygen atoms in total. The molecule has 0 spiro atoms. The number of alkyl halides is 2. The molecule has 7 heteroatoms. The van der Waals surface area contributed by atoms with Crippen molar-refractivity contribution in [2.24, 2.45) is 5.41 Å². The second-order valence-electron chi connectivity index (χ2n) is 6.37. The van der Waals surface area contributed by atoms with Crippen LogP contribution in [-0.4, -0.2) is 49.2 Å². The van der Waals surface area contributed by atoms with Gasteiger partial charge in [-0.05, 0) is 38.8 Å². The third-order valence-electron chi connectivity index (χ3n) is 3.39. The second-order valence-corrected chi connectivity index (χ2v) is 9.15. The van der Waals surface area contributed by atoms with E-state index in [0.717, 1.165) is 38.8 Å². The lowest BCUT2D eigenvalue weighted by atomic mass is 9.97. The Balaban J connectivity index is 2.47. The first-order valence-corrected chi connectivity index (χ1v) is 10.4. The van der Waals surface area contributed by atoms with Crippen LogP contribution in [0.5, 0.6) is 0 Å². The maximum Gasteiger partial charge on any atom is 0.344 e. The predicted molar refractivity (Wildman–Crippen MR) is 89.6 cm³/mol. The van der Waals surface area contributed by atoms with Gasteiger partial charge in [0.2, 0.25) is 0 Å². The van der Waals surface area contributed by atoms with Gasteiger partial charge in [-0.15, -0.1) is 23.2 Å². The van der Waals surface area contributed by atoms with Crippen molar-refractivity contribution in [3.8, 4) is 0 Å². The summed E-state index contributed by atoms with van der Waals surface area (Å²) in [5, 5.41) is 0. The molecule has 1 heterocycles. The van der Waals surface area contributed by atoms with Crippen LogP contribution >= 0.6 is 30.8 Å². The van der Waals surface area contributed by atoms with Gasteiger partial charge >= 0.3 is 7.60 Å². The van der Waals surface area contributed by atoms with Crippen molar-refractivity contribution in [3.05, 3.63) is 0 Å². The van der Waals surface area contributed by atoms with Gasteiger partial charge in [-0.3, -0.25) is 9.46 Å². The Bertz CT molecular complexity index is 318. The summed E-state index contributed by atoms with van der Waals surface area (Å²) in [7, 11) is -2.99. The van der Waals surface area contributed by atoms with E-state index in [1.165, 1.54) is 0 Å². The normalized spacial score (nSPS) is 20.8. The van der Waals surface area contributed by atoms with Crippen LogP contribution in [0.2, 0.25) is 0 Å². The number of hydrogen-bond acceptors (Lipinski definition) is 4. The molecule has 1 aliphatic rings. The molecule has 0 N–H and O–H groups in total.